The highest BCUT2D eigenvalue weighted by atomic mass is 28.4. The van der Waals surface area contributed by atoms with Gasteiger partial charge in [0.05, 0.1) is 45.7 Å². The number of Topliss-reactive ketones (excluding diaryl/α,β-unsaturated/α-hetero) is 1. The van der Waals surface area contributed by atoms with Crippen LogP contribution in [-0.4, -0.2) is 64.8 Å². The molecule has 0 N–H and O–H groups in total. The fourth-order valence-corrected chi connectivity index (χ4v) is 6.36. The number of rotatable bonds is 15. The maximum atomic E-state index is 14.1. The Bertz CT molecular complexity index is 1350. The fourth-order valence-electron chi connectivity index (χ4n) is 5.20. The summed E-state index contributed by atoms with van der Waals surface area (Å²) in [6.45, 7) is 19.9. The maximum Gasteiger partial charge on any atom is 0.330 e. The topological polar surface area (TPSA) is 89.5 Å². The second-order valence-electron chi connectivity index (χ2n) is 14.9. The van der Waals surface area contributed by atoms with Crippen molar-refractivity contribution in [3.05, 3.63) is 77.4 Å². The van der Waals surface area contributed by atoms with Crippen LogP contribution in [0, 0.1) is 5.41 Å². The molecule has 0 saturated carbocycles. The van der Waals surface area contributed by atoms with Gasteiger partial charge >= 0.3 is 5.97 Å². The number of esters is 1. The van der Waals surface area contributed by atoms with Gasteiger partial charge in [-0.05, 0) is 55.2 Å². The summed E-state index contributed by atoms with van der Waals surface area (Å²) in [6, 6.07) is 17.8. The quantitative estimate of drug-likeness (QED) is 0.108. The summed E-state index contributed by atoms with van der Waals surface area (Å²) in [7, 11) is 0.823. The van der Waals surface area contributed by atoms with Crippen molar-refractivity contribution in [3.8, 4) is 5.75 Å². The van der Waals surface area contributed by atoms with Gasteiger partial charge in [-0.25, -0.2) is 4.79 Å². The number of benzene rings is 2. The summed E-state index contributed by atoms with van der Waals surface area (Å²) in [5, 5.41) is 0.00420. The molecule has 4 atom stereocenters. The first kappa shape index (κ1) is 38.6. The van der Waals surface area contributed by atoms with Crippen molar-refractivity contribution >= 4 is 20.1 Å². The second kappa shape index (κ2) is 16.1. The fraction of sp³-hybridized carbons (Fsp3) is 0.579. The molecule has 3 rings (SSSR count). The molecule has 2 aromatic carbocycles. The van der Waals surface area contributed by atoms with E-state index in [0.29, 0.717) is 31.8 Å². The SMILES string of the molecule is COC(=O)/C=C1\C[C@@H](C[C@@H](OCc2ccc(OC)cc2)[C@@H](C)OCc2ccccc2)O[C@@](C)(C(C)(C)CO[Si](C)(C)C(C)(C)C)C1=O. The van der Waals surface area contributed by atoms with E-state index in [4.69, 9.17) is 28.1 Å². The van der Waals surface area contributed by atoms with E-state index in [9.17, 15) is 9.59 Å². The van der Waals surface area contributed by atoms with Crippen molar-refractivity contribution in [2.75, 3.05) is 20.8 Å². The molecule has 1 heterocycles. The number of ether oxygens (including phenoxy) is 5. The van der Waals surface area contributed by atoms with E-state index in [2.05, 4.69) is 33.9 Å². The Morgan fingerprint density at radius 1 is 0.979 bits per heavy atom. The zero-order chi connectivity index (χ0) is 35.0. The molecule has 0 amide bonds. The lowest BCUT2D eigenvalue weighted by atomic mass is 9.69. The lowest BCUT2D eigenvalue weighted by Crippen LogP contribution is -2.59. The van der Waals surface area contributed by atoms with Crippen LogP contribution in [0.25, 0.3) is 0 Å². The molecule has 0 bridgehead atoms. The van der Waals surface area contributed by atoms with Crippen molar-refractivity contribution in [1.29, 1.82) is 0 Å². The normalized spacial score (nSPS) is 21.4. The molecule has 0 radical (unpaired) electrons. The molecule has 0 aromatic heterocycles. The predicted octanol–water partition coefficient (Wildman–Crippen LogP) is 7.84. The predicted molar refractivity (Wildman–Crippen MR) is 187 cm³/mol. The highest BCUT2D eigenvalue weighted by Crippen LogP contribution is 2.45. The van der Waals surface area contributed by atoms with Gasteiger partial charge in [0.1, 0.15) is 11.4 Å². The Hall–Kier alpha value is -2.82. The Kier molecular flexibility index (Phi) is 13.2. The van der Waals surface area contributed by atoms with Crippen molar-refractivity contribution in [3.63, 3.8) is 0 Å². The van der Waals surface area contributed by atoms with E-state index >= 15 is 0 Å². The summed E-state index contributed by atoms with van der Waals surface area (Å²) < 4.78 is 36.6. The van der Waals surface area contributed by atoms with Crippen LogP contribution in [-0.2, 0) is 46.2 Å². The average Bonchev–Trinajstić information content (AvgIpc) is 3.03. The third-order valence-electron chi connectivity index (χ3n) is 9.96. The number of carbonyl (C=O) groups excluding carboxylic acids is 2. The molecular formula is C38H56O8Si. The lowest BCUT2D eigenvalue weighted by molar-refractivity contribution is -0.192. The molecule has 1 fully saturated rings. The highest BCUT2D eigenvalue weighted by Gasteiger charge is 2.54. The molecule has 47 heavy (non-hydrogen) atoms. The van der Waals surface area contributed by atoms with Gasteiger partial charge in [-0.1, -0.05) is 77.1 Å². The third-order valence-corrected chi connectivity index (χ3v) is 14.4. The molecule has 0 aliphatic carbocycles. The number of methoxy groups -OCH3 is 2. The van der Waals surface area contributed by atoms with Gasteiger partial charge in [-0.2, -0.15) is 0 Å². The van der Waals surface area contributed by atoms with Crippen molar-refractivity contribution in [2.24, 2.45) is 5.41 Å². The summed E-state index contributed by atoms with van der Waals surface area (Å²) in [6.07, 6.45) is 0.870. The van der Waals surface area contributed by atoms with Gasteiger partial charge in [0.15, 0.2) is 14.1 Å². The molecule has 1 aliphatic heterocycles. The number of carbonyl (C=O) groups is 2. The van der Waals surface area contributed by atoms with E-state index in [1.165, 1.54) is 13.2 Å². The van der Waals surface area contributed by atoms with Gasteiger partial charge in [0.2, 0.25) is 0 Å². The number of hydrogen-bond acceptors (Lipinski definition) is 8. The molecule has 9 heteroatoms. The summed E-state index contributed by atoms with van der Waals surface area (Å²) in [5.41, 5.74) is 0.440. The van der Waals surface area contributed by atoms with E-state index in [-0.39, 0.29) is 29.5 Å². The van der Waals surface area contributed by atoms with Crippen LogP contribution in [0.2, 0.25) is 18.1 Å². The van der Waals surface area contributed by atoms with Crippen LogP contribution >= 0.6 is 0 Å². The van der Waals surface area contributed by atoms with E-state index < -0.39 is 31.4 Å². The van der Waals surface area contributed by atoms with Crippen molar-refractivity contribution in [1.82, 2.24) is 0 Å². The van der Waals surface area contributed by atoms with Gasteiger partial charge < -0.3 is 28.1 Å². The molecule has 260 valence electrons. The number of ketones is 1. The van der Waals surface area contributed by atoms with Crippen LogP contribution in [0.1, 0.15) is 72.4 Å². The van der Waals surface area contributed by atoms with E-state index in [0.717, 1.165) is 16.9 Å². The first-order valence-corrected chi connectivity index (χ1v) is 19.4. The summed E-state index contributed by atoms with van der Waals surface area (Å²) in [5.74, 6) is -0.0277. The monoisotopic (exact) mass is 668 g/mol. The van der Waals surface area contributed by atoms with Crippen LogP contribution in [0.15, 0.2) is 66.2 Å². The largest absolute Gasteiger partial charge is 0.497 e. The third kappa shape index (κ3) is 10.1. The minimum absolute atomic E-state index is 0.00420. The minimum Gasteiger partial charge on any atom is -0.497 e. The zero-order valence-electron chi connectivity index (χ0n) is 30.3. The standard InChI is InChI=1S/C38H56O8Si/c1-27(43-24-28-15-13-12-14-16-28)33(44-25-29-17-19-31(41-8)20-18-29)23-32-21-30(22-34(39)42-9)35(40)38(7,46-32)37(5,6)26-45-47(10,11)36(2,3)4/h12-20,22,27,32-33H,21,23-26H2,1-11H3/b30-22+/t27-,32+,33-,38-/m1/s1. The molecule has 1 saturated heterocycles. The Labute approximate surface area is 283 Å². The first-order chi connectivity index (χ1) is 21.9. The lowest BCUT2D eigenvalue weighted by Gasteiger charge is -2.50. The van der Waals surface area contributed by atoms with E-state index in [1.807, 2.05) is 82.3 Å². The summed E-state index contributed by atoms with van der Waals surface area (Å²) in [4.78, 5) is 26.6. The van der Waals surface area contributed by atoms with Gasteiger partial charge in [0.25, 0.3) is 0 Å². The van der Waals surface area contributed by atoms with Crippen LogP contribution in [0.5, 0.6) is 5.75 Å². The first-order valence-electron chi connectivity index (χ1n) is 16.5. The second-order valence-corrected chi connectivity index (χ2v) is 19.7. The van der Waals surface area contributed by atoms with Gasteiger partial charge in [-0.15, -0.1) is 0 Å². The molecule has 0 spiro atoms. The molecule has 1 aliphatic rings. The summed E-state index contributed by atoms with van der Waals surface area (Å²) >= 11 is 0. The average molecular weight is 669 g/mol. The highest BCUT2D eigenvalue weighted by molar-refractivity contribution is 6.74. The Morgan fingerprint density at radius 3 is 2.15 bits per heavy atom. The van der Waals surface area contributed by atoms with Crippen LogP contribution in [0.4, 0.5) is 0 Å². The van der Waals surface area contributed by atoms with Crippen LogP contribution < -0.4 is 4.74 Å². The minimum atomic E-state index is -2.13. The maximum absolute atomic E-state index is 14.1. The van der Waals surface area contributed by atoms with Crippen LogP contribution in [0.3, 0.4) is 0 Å². The molecular weight excluding hydrogens is 612 g/mol. The van der Waals surface area contributed by atoms with Gasteiger partial charge in [-0.3, -0.25) is 4.79 Å². The molecule has 8 nitrogen and oxygen atoms in total. The van der Waals surface area contributed by atoms with Crippen molar-refractivity contribution in [2.45, 2.75) is 117 Å². The molecule has 2 aromatic rings. The zero-order valence-corrected chi connectivity index (χ0v) is 31.3. The Morgan fingerprint density at radius 2 is 1.57 bits per heavy atom. The van der Waals surface area contributed by atoms with Gasteiger partial charge in [0, 0.05) is 36.5 Å². The molecule has 0 unspecified atom stereocenters. The Balaban J connectivity index is 1.91. The number of hydrogen-bond donors (Lipinski definition) is 0. The smallest absolute Gasteiger partial charge is 0.330 e. The van der Waals surface area contributed by atoms with E-state index in [1.54, 1.807) is 7.11 Å². The van der Waals surface area contributed by atoms with Crippen molar-refractivity contribution < 1.29 is 37.7 Å².